The summed E-state index contributed by atoms with van der Waals surface area (Å²) >= 11 is 0. The van der Waals surface area contributed by atoms with Crippen LogP contribution in [-0.4, -0.2) is 55.4 Å². The minimum absolute atomic E-state index is 0.0889. The molecular formula is C32H34N2O7. The second-order valence-corrected chi connectivity index (χ2v) is 9.89. The van der Waals surface area contributed by atoms with Crippen molar-refractivity contribution in [3.63, 3.8) is 0 Å². The van der Waals surface area contributed by atoms with Crippen LogP contribution >= 0.6 is 0 Å². The molecule has 0 radical (unpaired) electrons. The van der Waals surface area contributed by atoms with Crippen molar-refractivity contribution in [3.05, 3.63) is 105 Å². The molecule has 0 spiro atoms. The van der Waals surface area contributed by atoms with Crippen LogP contribution in [0.25, 0.3) is 11.0 Å². The molecule has 0 fully saturated rings. The Kier molecular flexibility index (Phi) is 9.86. The van der Waals surface area contributed by atoms with Gasteiger partial charge in [-0.05, 0) is 67.9 Å². The number of benzene rings is 3. The van der Waals surface area contributed by atoms with Gasteiger partial charge in [-0.3, -0.25) is 14.9 Å². The third-order valence-electron chi connectivity index (χ3n) is 6.95. The summed E-state index contributed by atoms with van der Waals surface area (Å²) in [6.45, 7) is 4.02. The molecule has 0 N–H and O–H groups in total. The predicted octanol–water partition coefficient (Wildman–Crippen LogP) is 6.25. The molecule has 4 rings (SSSR count). The zero-order chi connectivity index (χ0) is 29.4. The van der Waals surface area contributed by atoms with Crippen LogP contribution < -0.4 is 4.74 Å². The van der Waals surface area contributed by atoms with Crippen molar-refractivity contribution in [2.75, 3.05) is 33.9 Å². The lowest BCUT2D eigenvalue weighted by Gasteiger charge is -2.17. The van der Waals surface area contributed by atoms with Crippen molar-refractivity contribution in [1.29, 1.82) is 0 Å². The molecule has 1 aromatic heterocycles. The first-order valence-corrected chi connectivity index (χ1v) is 13.6. The van der Waals surface area contributed by atoms with Crippen LogP contribution in [0.5, 0.6) is 5.75 Å². The van der Waals surface area contributed by atoms with Gasteiger partial charge >= 0.3 is 5.97 Å². The average molecular weight is 559 g/mol. The number of ether oxygens (including phenoxy) is 2. The highest BCUT2D eigenvalue weighted by molar-refractivity contribution is 6.17. The molecule has 0 saturated carbocycles. The molecule has 41 heavy (non-hydrogen) atoms. The standard InChI is InChI=1S/C32H34N2O7/c1-4-5-6-29-30(27-21-24(32(36)39-3)11-16-28(27)41-29)31(35)23-9-14-26(15-10-23)40-20-19-33(2)18-17-22-7-12-25(13-8-22)34(37)38/h7-16,21H,4-6,17-20H2,1-3H3. The number of nitro benzene ring substituents is 1. The molecule has 3 aromatic carbocycles. The van der Waals surface area contributed by atoms with Crippen LogP contribution in [0.3, 0.4) is 0 Å². The van der Waals surface area contributed by atoms with Crippen molar-refractivity contribution in [2.24, 2.45) is 0 Å². The van der Waals surface area contributed by atoms with E-state index >= 15 is 0 Å². The molecule has 0 aliphatic carbocycles. The molecule has 0 saturated heterocycles. The molecule has 214 valence electrons. The van der Waals surface area contributed by atoms with Gasteiger partial charge in [-0.1, -0.05) is 25.5 Å². The van der Waals surface area contributed by atoms with Gasteiger partial charge in [0.1, 0.15) is 23.7 Å². The van der Waals surface area contributed by atoms with Gasteiger partial charge < -0.3 is 18.8 Å². The molecule has 9 heteroatoms. The van der Waals surface area contributed by atoms with Crippen LogP contribution in [0.4, 0.5) is 5.69 Å². The maximum atomic E-state index is 13.7. The molecule has 0 atom stereocenters. The van der Waals surface area contributed by atoms with E-state index in [0.717, 1.165) is 31.4 Å². The number of hydrogen-bond acceptors (Lipinski definition) is 8. The lowest BCUT2D eigenvalue weighted by Crippen LogP contribution is -2.26. The summed E-state index contributed by atoms with van der Waals surface area (Å²) < 4.78 is 16.8. The van der Waals surface area contributed by atoms with E-state index in [0.29, 0.717) is 58.7 Å². The first-order valence-electron chi connectivity index (χ1n) is 13.6. The van der Waals surface area contributed by atoms with Crippen LogP contribution in [-0.2, 0) is 17.6 Å². The van der Waals surface area contributed by atoms with Crippen LogP contribution in [0.1, 0.15) is 57.4 Å². The van der Waals surface area contributed by atoms with Crippen molar-refractivity contribution in [2.45, 2.75) is 32.6 Å². The van der Waals surface area contributed by atoms with E-state index in [4.69, 9.17) is 13.9 Å². The number of likely N-dealkylation sites (N-methyl/N-ethyl adjacent to an activating group) is 1. The quantitative estimate of drug-likeness (QED) is 0.0772. The Morgan fingerprint density at radius 1 is 0.951 bits per heavy atom. The summed E-state index contributed by atoms with van der Waals surface area (Å²) in [6.07, 6.45) is 3.23. The number of unbranched alkanes of at least 4 members (excludes halogenated alkanes) is 1. The SMILES string of the molecule is CCCCc1oc2ccc(C(=O)OC)cc2c1C(=O)c1ccc(OCCN(C)CCc2ccc([N+](=O)[O-])cc2)cc1. The Balaban J connectivity index is 1.38. The van der Waals surface area contributed by atoms with Crippen molar-refractivity contribution >= 4 is 28.4 Å². The predicted molar refractivity (Wildman–Crippen MR) is 156 cm³/mol. The average Bonchev–Trinajstić information content (AvgIpc) is 3.36. The van der Waals surface area contributed by atoms with Gasteiger partial charge in [0, 0.05) is 42.6 Å². The van der Waals surface area contributed by atoms with Gasteiger partial charge in [-0.15, -0.1) is 0 Å². The Hall–Kier alpha value is -4.50. The number of carbonyl (C=O) groups is 2. The number of rotatable bonds is 14. The maximum Gasteiger partial charge on any atom is 0.337 e. The number of carbonyl (C=O) groups excluding carboxylic acids is 2. The largest absolute Gasteiger partial charge is 0.492 e. The number of furan rings is 1. The fraction of sp³-hybridized carbons (Fsp3) is 0.312. The number of ketones is 1. The molecule has 9 nitrogen and oxygen atoms in total. The number of non-ortho nitro benzene ring substituents is 1. The summed E-state index contributed by atoms with van der Waals surface area (Å²) in [5, 5.41) is 11.4. The molecule has 0 amide bonds. The van der Waals surface area contributed by atoms with Crippen LogP contribution in [0.2, 0.25) is 0 Å². The molecular weight excluding hydrogens is 524 g/mol. The summed E-state index contributed by atoms with van der Waals surface area (Å²) in [6, 6.07) is 18.6. The van der Waals surface area contributed by atoms with Gasteiger partial charge in [0.05, 0.1) is 23.2 Å². The summed E-state index contributed by atoms with van der Waals surface area (Å²) in [7, 11) is 3.32. The maximum absolute atomic E-state index is 13.7. The molecule has 0 aliphatic heterocycles. The van der Waals surface area contributed by atoms with E-state index in [1.807, 2.05) is 7.05 Å². The van der Waals surface area contributed by atoms with E-state index in [2.05, 4.69) is 11.8 Å². The Labute approximate surface area is 238 Å². The highest BCUT2D eigenvalue weighted by atomic mass is 16.6. The summed E-state index contributed by atoms with van der Waals surface area (Å²) in [5.41, 5.74) is 3.02. The number of aryl methyl sites for hydroxylation is 1. The number of methoxy groups -OCH3 is 1. The third kappa shape index (κ3) is 7.37. The second kappa shape index (κ2) is 13.7. The van der Waals surface area contributed by atoms with Crippen LogP contribution in [0, 0.1) is 10.1 Å². The smallest absolute Gasteiger partial charge is 0.337 e. The first kappa shape index (κ1) is 29.5. The van der Waals surface area contributed by atoms with Crippen LogP contribution in [0.15, 0.2) is 71.1 Å². The first-order chi connectivity index (χ1) is 19.8. The number of fused-ring (bicyclic) bond motifs is 1. The number of nitrogens with zero attached hydrogens (tertiary/aromatic N) is 2. The molecule has 1 heterocycles. The Bertz CT molecular complexity index is 1510. The highest BCUT2D eigenvalue weighted by Gasteiger charge is 2.23. The molecule has 0 aliphatic rings. The lowest BCUT2D eigenvalue weighted by atomic mass is 9.97. The highest BCUT2D eigenvalue weighted by Crippen LogP contribution is 2.31. The van der Waals surface area contributed by atoms with E-state index in [-0.39, 0.29) is 11.5 Å². The number of esters is 1. The van der Waals surface area contributed by atoms with E-state index in [1.54, 1.807) is 54.6 Å². The van der Waals surface area contributed by atoms with Crippen molar-refractivity contribution in [3.8, 4) is 5.75 Å². The third-order valence-corrected chi connectivity index (χ3v) is 6.95. The Morgan fingerprint density at radius 2 is 1.66 bits per heavy atom. The topological polar surface area (TPSA) is 112 Å². The Morgan fingerprint density at radius 3 is 2.32 bits per heavy atom. The monoisotopic (exact) mass is 558 g/mol. The van der Waals surface area contributed by atoms with Crippen molar-refractivity contribution < 1.29 is 28.4 Å². The van der Waals surface area contributed by atoms with E-state index < -0.39 is 10.9 Å². The summed E-state index contributed by atoms with van der Waals surface area (Å²) in [5.74, 6) is 0.627. The number of nitro groups is 1. The minimum Gasteiger partial charge on any atom is -0.492 e. The minimum atomic E-state index is -0.472. The van der Waals surface area contributed by atoms with Gasteiger partial charge in [0.2, 0.25) is 0 Å². The lowest BCUT2D eigenvalue weighted by molar-refractivity contribution is -0.384. The summed E-state index contributed by atoms with van der Waals surface area (Å²) in [4.78, 5) is 38.3. The van der Waals surface area contributed by atoms with Gasteiger partial charge in [0.15, 0.2) is 5.78 Å². The van der Waals surface area contributed by atoms with Gasteiger partial charge in [-0.25, -0.2) is 4.79 Å². The number of hydrogen-bond donors (Lipinski definition) is 0. The fourth-order valence-corrected chi connectivity index (χ4v) is 4.54. The normalized spacial score (nSPS) is 11.1. The zero-order valence-corrected chi connectivity index (χ0v) is 23.6. The molecule has 4 aromatic rings. The fourth-order valence-electron chi connectivity index (χ4n) is 4.54. The molecule has 0 unspecified atom stereocenters. The van der Waals surface area contributed by atoms with E-state index in [1.165, 1.54) is 19.2 Å². The zero-order valence-electron chi connectivity index (χ0n) is 23.6. The molecule has 0 bridgehead atoms. The van der Waals surface area contributed by atoms with Crippen molar-refractivity contribution in [1.82, 2.24) is 4.90 Å². The van der Waals surface area contributed by atoms with E-state index in [9.17, 15) is 19.7 Å². The van der Waals surface area contributed by atoms with Gasteiger partial charge in [0.25, 0.3) is 5.69 Å². The second-order valence-electron chi connectivity index (χ2n) is 9.89. The van der Waals surface area contributed by atoms with Gasteiger partial charge in [-0.2, -0.15) is 0 Å².